The zero-order valence-corrected chi connectivity index (χ0v) is 18.9. The van der Waals surface area contributed by atoms with E-state index >= 15 is 0 Å². The van der Waals surface area contributed by atoms with E-state index in [0.717, 1.165) is 22.3 Å². The van der Waals surface area contributed by atoms with Crippen molar-refractivity contribution in [2.45, 2.75) is 43.7 Å². The standard InChI is InChI=1S/C27H26N2O5/c1-2-3-12-23(24(30)29-15-17-13-27(29,14-17)25(31)32)28-26(33)34-16-22-20-10-6-4-8-18(20)19-9-5-7-11-21(19)22/h4-11,17,22-23H,12-16H2,1H3,(H,28,33)(H,31,32). The van der Waals surface area contributed by atoms with Crippen molar-refractivity contribution >= 4 is 18.0 Å². The number of rotatable bonds is 6. The zero-order chi connectivity index (χ0) is 23.9. The Morgan fingerprint density at radius 2 is 1.74 bits per heavy atom. The summed E-state index contributed by atoms with van der Waals surface area (Å²) in [7, 11) is 0. The van der Waals surface area contributed by atoms with Crippen LogP contribution in [0.25, 0.3) is 11.1 Å². The Labute approximate surface area is 198 Å². The van der Waals surface area contributed by atoms with Gasteiger partial charge in [-0.15, -0.1) is 11.8 Å². The van der Waals surface area contributed by atoms with E-state index in [1.807, 2.05) is 36.4 Å². The molecule has 174 valence electrons. The molecule has 7 heteroatoms. The summed E-state index contributed by atoms with van der Waals surface area (Å²) in [5.41, 5.74) is 3.31. The summed E-state index contributed by atoms with van der Waals surface area (Å²) in [6.07, 6.45) is 0.307. The van der Waals surface area contributed by atoms with Crippen molar-refractivity contribution in [1.82, 2.24) is 10.2 Å². The second-order valence-corrected chi connectivity index (χ2v) is 9.21. The third kappa shape index (κ3) is 3.50. The molecule has 0 aromatic heterocycles. The van der Waals surface area contributed by atoms with Gasteiger partial charge in [0.25, 0.3) is 0 Å². The first-order valence-electron chi connectivity index (χ1n) is 11.5. The third-order valence-corrected chi connectivity index (χ3v) is 7.29. The van der Waals surface area contributed by atoms with E-state index in [4.69, 9.17) is 4.74 Å². The van der Waals surface area contributed by atoms with E-state index in [0.29, 0.717) is 19.4 Å². The van der Waals surface area contributed by atoms with E-state index in [1.165, 1.54) is 4.90 Å². The van der Waals surface area contributed by atoms with Gasteiger partial charge < -0.3 is 20.1 Å². The molecule has 2 aliphatic heterocycles. The van der Waals surface area contributed by atoms with Crippen LogP contribution in [0.5, 0.6) is 0 Å². The van der Waals surface area contributed by atoms with Crippen molar-refractivity contribution in [2.75, 3.05) is 13.2 Å². The normalized spacial score (nSPS) is 22.5. The largest absolute Gasteiger partial charge is 0.479 e. The number of ether oxygens (including phenoxy) is 1. The monoisotopic (exact) mass is 458 g/mol. The van der Waals surface area contributed by atoms with Crippen molar-refractivity contribution < 1.29 is 24.2 Å². The van der Waals surface area contributed by atoms with Crippen molar-refractivity contribution in [3.63, 3.8) is 0 Å². The Hall–Kier alpha value is -3.79. The summed E-state index contributed by atoms with van der Waals surface area (Å²) in [6, 6.07) is 15.2. The highest BCUT2D eigenvalue weighted by Gasteiger charge is 2.63. The molecule has 2 aromatic carbocycles. The number of hydrogen-bond donors (Lipinski definition) is 2. The summed E-state index contributed by atoms with van der Waals surface area (Å²) < 4.78 is 5.59. The smallest absolute Gasteiger partial charge is 0.407 e. The number of benzene rings is 2. The summed E-state index contributed by atoms with van der Waals surface area (Å²) in [5, 5.41) is 12.3. The van der Waals surface area contributed by atoms with Crippen LogP contribution in [0, 0.1) is 17.8 Å². The third-order valence-electron chi connectivity index (χ3n) is 7.29. The molecule has 2 N–H and O–H groups in total. The number of fused-ring (bicyclic) bond motifs is 4. The van der Waals surface area contributed by atoms with Crippen LogP contribution in [0.2, 0.25) is 0 Å². The van der Waals surface area contributed by atoms with Crippen LogP contribution in [0.1, 0.15) is 43.2 Å². The first-order chi connectivity index (χ1) is 16.4. The van der Waals surface area contributed by atoms with Crippen LogP contribution in [0.4, 0.5) is 4.79 Å². The number of carboxylic acids is 1. The molecular formula is C27H26N2O5. The van der Waals surface area contributed by atoms with Gasteiger partial charge in [-0.2, -0.15) is 0 Å². The Bertz CT molecular complexity index is 1180. The Balaban J connectivity index is 1.28. The molecule has 2 aliphatic carbocycles. The highest BCUT2D eigenvalue weighted by atomic mass is 16.5. The van der Waals surface area contributed by atoms with Crippen molar-refractivity contribution in [3.05, 3.63) is 59.7 Å². The van der Waals surface area contributed by atoms with Gasteiger partial charge in [0.05, 0.1) is 0 Å². The molecule has 1 saturated carbocycles. The lowest BCUT2D eigenvalue weighted by atomic mass is 9.73. The van der Waals surface area contributed by atoms with Gasteiger partial charge in [-0.25, -0.2) is 9.59 Å². The quantitative estimate of drug-likeness (QED) is 0.647. The Kier molecular flexibility index (Phi) is 5.52. The number of carboxylic acid groups (broad SMARTS) is 1. The number of nitrogens with zero attached hydrogens (tertiary/aromatic N) is 1. The number of alkyl carbamates (subject to hydrolysis) is 1. The maximum Gasteiger partial charge on any atom is 0.407 e. The van der Waals surface area contributed by atoms with Gasteiger partial charge >= 0.3 is 12.1 Å². The minimum atomic E-state index is -1.15. The molecular weight excluding hydrogens is 432 g/mol. The molecule has 6 rings (SSSR count). The van der Waals surface area contributed by atoms with E-state index in [-0.39, 0.29) is 24.9 Å². The summed E-state index contributed by atoms with van der Waals surface area (Å²) in [5.74, 6) is 4.28. The van der Waals surface area contributed by atoms with Gasteiger partial charge in [0.15, 0.2) is 0 Å². The number of amides is 2. The average molecular weight is 459 g/mol. The van der Waals surface area contributed by atoms with E-state index in [2.05, 4.69) is 29.3 Å². The highest BCUT2D eigenvalue weighted by molar-refractivity contribution is 5.93. The fraction of sp³-hybridized carbons (Fsp3) is 0.370. The molecule has 34 heavy (non-hydrogen) atoms. The molecule has 2 saturated heterocycles. The van der Waals surface area contributed by atoms with Crippen molar-refractivity contribution in [3.8, 4) is 23.0 Å². The van der Waals surface area contributed by atoms with E-state index in [1.54, 1.807) is 6.92 Å². The molecule has 2 amide bonds. The van der Waals surface area contributed by atoms with Gasteiger partial charge in [0.1, 0.15) is 18.2 Å². The predicted octanol–water partition coefficient (Wildman–Crippen LogP) is 3.38. The zero-order valence-electron chi connectivity index (χ0n) is 18.9. The summed E-state index contributed by atoms with van der Waals surface area (Å²) >= 11 is 0. The number of carbonyl (C=O) groups excluding carboxylic acids is 2. The molecule has 0 radical (unpaired) electrons. The topological polar surface area (TPSA) is 95.9 Å². The lowest BCUT2D eigenvalue weighted by molar-refractivity contribution is -0.159. The van der Waals surface area contributed by atoms with Gasteiger partial charge in [0.2, 0.25) is 5.91 Å². The predicted molar refractivity (Wildman–Crippen MR) is 125 cm³/mol. The van der Waals surface area contributed by atoms with Crippen LogP contribution in [0.3, 0.4) is 0 Å². The van der Waals surface area contributed by atoms with Gasteiger partial charge in [0, 0.05) is 18.9 Å². The number of nitrogens with one attached hydrogen (secondary N) is 1. The first-order valence-corrected chi connectivity index (χ1v) is 11.5. The van der Waals surface area contributed by atoms with Crippen LogP contribution in [0.15, 0.2) is 48.5 Å². The summed E-state index contributed by atoms with van der Waals surface area (Å²) in [4.78, 5) is 39.3. The van der Waals surface area contributed by atoms with Crippen LogP contribution >= 0.6 is 0 Å². The maximum absolute atomic E-state index is 13.2. The molecule has 4 aliphatic rings. The first kappa shape index (κ1) is 22.0. The molecule has 2 bridgehead atoms. The van der Waals surface area contributed by atoms with Gasteiger partial charge in [-0.1, -0.05) is 48.5 Å². The van der Waals surface area contributed by atoms with Crippen LogP contribution < -0.4 is 5.32 Å². The number of aliphatic carboxylic acids is 1. The van der Waals surface area contributed by atoms with Crippen LogP contribution in [-0.4, -0.2) is 52.7 Å². The Morgan fingerprint density at radius 3 is 2.32 bits per heavy atom. The van der Waals surface area contributed by atoms with Crippen molar-refractivity contribution in [1.29, 1.82) is 0 Å². The van der Waals surface area contributed by atoms with Crippen molar-refractivity contribution in [2.24, 2.45) is 5.92 Å². The lowest BCUT2D eigenvalue weighted by Crippen LogP contribution is -2.58. The second-order valence-electron chi connectivity index (χ2n) is 9.21. The number of hydrogen-bond acceptors (Lipinski definition) is 4. The number of carbonyl (C=O) groups is 3. The molecule has 2 heterocycles. The van der Waals surface area contributed by atoms with Crippen LogP contribution in [-0.2, 0) is 14.3 Å². The molecule has 1 atom stereocenters. The lowest BCUT2D eigenvalue weighted by Gasteiger charge is -2.38. The highest BCUT2D eigenvalue weighted by Crippen LogP contribution is 2.51. The molecule has 3 fully saturated rings. The fourth-order valence-electron chi connectivity index (χ4n) is 5.64. The SMILES string of the molecule is CC#CCC(NC(=O)OCC1c2ccccc2-c2ccccc21)C(=O)N1CC2CC1(C(=O)O)C2. The van der Waals surface area contributed by atoms with Gasteiger partial charge in [-0.05, 0) is 47.9 Å². The van der Waals surface area contributed by atoms with E-state index < -0.39 is 29.6 Å². The minimum absolute atomic E-state index is 0.0936. The average Bonchev–Trinajstić information content (AvgIpc) is 3.48. The fourth-order valence-corrected chi connectivity index (χ4v) is 5.64. The van der Waals surface area contributed by atoms with Gasteiger partial charge in [-0.3, -0.25) is 4.79 Å². The molecule has 1 unspecified atom stereocenters. The summed E-state index contributed by atoms with van der Waals surface area (Å²) in [6.45, 7) is 2.18. The maximum atomic E-state index is 13.2. The molecule has 2 aromatic rings. The molecule has 0 spiro atoms. The second kappa shape index (κ2) is 8.53. The molecule has 7 nitrogen and oxygen atoms in total. The minimum Gasteiger partial charge on any atom is -0.479 e. The Morgan fingerprint density at radius 1 is 1.12 bits per heavy atom. The van der Waals surface area contributed by atoms with E-state index in [9.17, 15) is 19.5 Å².